The van der Waals surface area contributed by atoms with E-state index < -0.39 is 35.3 Å². The summed E-state index contributed by atoms with van der Waals surface area (Å²) < 4.78 is 61.3. The summed E-state index contributed by atoms with van der Waals surface area (Å²) in [6.45, 7) is 2.17. The number of carbonyl (C=O) groups excluding carboxylic acids is 1. The van der Waals surface area contributed by atoms with E-state index in [-0.39, 0.29) is 25.4 Å². The molecule has 2 heterocycles. The second-order valence-corrected chi connectivity index (χ2v) is 7.31. The zero-order valence-corrected chi connectivity index (χ0v) is 16.6. The maximum absolute atomic E-state index is 13.9. The fraction of sp³-hybridized carbons (Fsp3) is 0.273. The van der Waals surface area contributed by atoms with Crippen LogP contribution in [0.2, 0.25) is 0 Å². The SMILES string of the molecule is Cc1ccc(-n2ncc(C(=O)N3CCOC(c4ccc(F)cc4)C3)c2C(F)(F)F)cc1. The highest BCUT2D eigenvalue weighted by Gasteiger charge is 2.42. The van der Waals surface area contributed by atoms with Crippen molar-refractivity contribution in [3.05, 3.63) is 82.9 Å². The number of rotatable bonds is 3. The molecule has 5 nitrogen and oxygen atoms in total. The van der Waals surface area contributed by atoms with Crippen LogP contribution in [-0.4, -0.2) is 40.3 Å². The van der Waals surface area contributed by atoms with E-state index in [1.165, 1.54) is 41.3 Å². The van der Waals surface area contributed by atoms with Gasteiger partial charge in [-0.15, -0.1) is 0 Å². The maximum Gasteiger partial charge on any atom is 0.434 e. The zero-order chi connectivity index (χ0) is 22.2. The summed E-state index contributed by atoms with van der Waals surface area (Å²) in [5, 5.41) is 3.86. The van der Waals surface area contributed by atoms with Crippen LogP contribution in [0.3, 0.4) is 0 Å². The summed E-state index contributed by atoms with van der Waals surface area (Å²) >= 11 is 0. The molecule has 31 heavy (non-hydrogen) atoms. The lowest BCUT2D eigenvalue weighted by atomic mass is 10.1. The third kappa shape index (κ3) is 4.32. The minimum Gasteiger partial charge on any atom is -0.370 e. The van der Waals surface area contributed by atoms with Crippen LogP contribution in [0.5, 0.6) is 0 Å². The average Bonchev–Trinajstić information content (AvgIpc) is 3.20. The van der Waals surface area contributed by atoms with Gasteiger partial charge in [0.1, 0.15) is 11.9 Å². The van der Waals surface area contributed by atoms with Crippen LogP contribution < -0.4 is 0 Å². The molecular weight excluding hydrogens is 414 g/mol. The number of morpholine rings is 1. The molecule has 0 saturated carbocycles. The predicted octanol–water partition coefficient (Wildman–Crippen LogP) is 4.55. The molecule has 1 aliphatic rings. The number of aromatic nitrogens is 2. The number of carbonyl (C=O) groups is 1. The molecular formula is C22H19F4N3O2. The summed E-state index contributed by atoms with van der Waals surface area (Å²) in [4.78, 5) is 14.4. The molecule has 1 saturated heterocycles. The summed E-state index contributed by atoms with van der Waals surface area (Å²) in [5.41, 5.74) is 0.105. The Morgan fingerprint density at radius 1 is 1.10 bits per heavy atom. The Morgan fingerprint density at radius 3 is 2.42 bits per heavy atom. The molecule has 162 valence electrons. The molecule has 2 aromatic carbocycles. The first kappa shape index (κ1) is 21.0. The average molecular weight is 433 g/mol. The maximum atomic E-state index is 13.9. The van der Waals surface area contributed by atoms with Crippen molar-refractivity contribution >= 4 is 5.91 Å². The highest BCUT2D eigenvalue weighted by molar-refractivity contribution is 5.95. The van der Waals surface area contributed by atoms with Gasteiger partial charge in [-0.1, -0.05) is 29.8 Å². The minimum absolute atomic E-state index is 0.0531. The number of hydrogen-bond acceptors (Lipinski definition) is 3. The first-order chi connectivity index (χ1) is 14.7. The number of halogens is 4. The summed E-state index contributed by atoms with van der Waals surface area (Å²) in [7, 11) is 0. The number of aryl methyl sites for hydroxylation is 1. The molecule has 0 aliphatic carbocycles. The third-order valence-electron chi connectivity index (χ3n) is 5.14. The van der Waals surface area contributed by atoms with Crippen molar-refractivity contribution < 1.29 is 27.1 Å². The number of alkyl halides is 3. The predicted molar refractivity (Wildman–Crippen MR) is 104 cm³/mol. The van der Waals surface area contributed by atoms with E-state index in [2.05, 4.69) is 5.10 Å². The number of benzene rings is 2. The molecule has 4 rings (SSSR count). The topological polar surface area (TPSA) is 47.4 Å². The number of hydrogen-bond donors (Lipinski definition) is 0. The summed E-state index contributed by atoms with van der Waals surface area (Å²) in [5.74, 6) is -1.19. The van der Waals surface area contributed by atoms with Crippen LogP contribution in [0.15, 0.2) is 54.7 Å². The largest absolute Gasteiger partial charge is 0.434 e. The van der Waals surface area contributed by atoms with Gasteiger partial charge in [0.2, 0.25) is 0 Å². The van der Waals surface area contributed by atoms with Crippen LogP contribution in [0, 0.1) is 12.7 Å². The molecule has 9 heteroatoms. The van der Waals surface area contributed by atoms with Gasteiger partial charge in [-0.25, -0.2) is 9.07 Å². The zero-order valence-electron chi connectivity index (χ0n) is 16.6. The highest BCUT2D eigenvalue weighted by atomic mass is 19.4. The second kappa shape index (κ2) is 8.14. The van der Waals surface area contributed by atoms with Gasteiger partial charge in [-0.3, -0.25) is 4.79 Å². The van der Waals surface area contributed by atoms with Gasteiger partial charge < -0.3 is 9.64 Å². The molecule has 3 aromatic rings. The minimum atomic E-state index is -4.78. The van der Waals surface area contributed by atoms with E-state index >= 15 is 0 Å². The van der Waals surface area contributed by atoms with Crippen molar-refractivity contribution in [3.8, 4) is 5.69 Å². The molecule has 0 N–H and O–H groups in total. The molecule has 1 unspecified atom stereocenters. The molecule has 1 atom stereocenters. The molecule has 0 bridgehead atoms. The number of nitrogens with zero attached hydrogens (tertiary/aromatic N) is 3. The van der Waals surface area contributed by atoms with Crippen molar-refractivity contribution in [2.45, 2.75) is 19.2 Å². The molecule has 0 radical (unpaired) electrons. The Hall–Kier alpha value is -3.20. The lowest BCUT2D eigenvalue weighted by Gasteiger charge is -2.33. The fourth-order valence-corrected chi connectivity index (χ4v) is 3.54. The van der Waals surface area contributed by atoms with Crippen molar-refractivity contribution in [3.63, 3.8) is 0 Å². The quantitative estimate of drug-likeness (QED) is 0.570. The first-order valence-electron chi connectivity index (χ1n) is 9.62. The normalized spacial score (nSPS) is 17.1. The monoisotopic (exact) mass is 433 g/mol. The lowest BCUT2D eigenvalue weighted by molar-refractivity contribution is -0.143. The van der Waals surface area contributed by atoms with Gasteiger partial charge in [0.15, 0.2) is 5.69 Å². The Balaban J connectivity index is 1.65. The van der Waals surface area contributed by atoms with Gasteiger partial charge in [-0.05, 0) is 36.8 Å². The van der Waals surface area contributed by atoms with Crippen LogP contribution in [0.1, 0.15) is 33.3 Å². The lowest BCUT2D eigenvalue weighted by Crippen LogP contribution is -2.42. The second-order valence-electron chi connectivity index (χ2n) is 7.31. The van der Waals surface area contributed by atoms with E-state index in [9.17, 15) is 22.4 Å². The molecule has 1 amide bonds. The molecule has 1 fully saturated rings. The van der Waals surface area contributed by atoms with Gasteiger partial charge in [0.05, 0.1) is 30.6 Å². The number of ether oxygens (including phenoxy) is 1. The van der Waals surface area contributed by atoms with E-state index in [4.69, 9.17) is 4.74 Å². The van der Waals surface area contributed by atoms with Gasteiger partial charge in [-0.2, -0.15) is 18.3 Å². The molecule has 1 aliphatic heterocycles. The van der Waals surface area contributed by atoms with Crippen molar-refractivity contribution in [1.29, 1.82) is 0 Å². The van der Waals surface area contributed by atoms with Crippen LogP contribution >= 0.6 is 0 Å². The van der Waals surface area contributed by atoms with Crippen molar-refractivity contribution in [1.82, 2.24) is 14.7 Å². The van der Waals surface area contributed by atoms with E-state index in [0.29, 0.717) is 5.56 Å². The van der Waals surface area contributed by atoms with E-state index in [0.717, 1.165) is 16.4 Å². The fourth-order valence-electron chi connectivity index (χ4n) is 3.54. The van der Waals surface area contributed by atoms with Crippen LogP contribution in [-0.2, 0) is 10.9 Å². The molecule has 0 spiro atoms. The Bertz CT molecular complexity index is 1080. The van der Waals surface area contributed by atoms with Gasteiger partial charge >= 0.3 is 6.18 Å². The summed E-state index contributed by atoms with van der Waals surface area (Å²) in [6, 6.07) is 12.0. The Kier molecular flexibility index (Phi) is 5.53. The smallest absolute Gasteiger partial charge is 0.370 e. The van der Waals surface area contributed by atoms with E-state index in [1.54, 1.807) is 12.1 Å². The number of amides is 1. The van der Waals surface area contributed by atoms with Crippen LogP contribution in [0.4, 0.5) is 17.6 Å². The van der Waals surface area contributed by atoms with Crippen LogP contribution in [0.25, 0.3) is 5.69 Å². The Labute approximate surface area is 175 Å². The third-order valence-corrected chi connectivity index (χ3v) is 5.14. The van der Waals surface area contributed by atoms with E-state index in [1.807, 2.05) is 6.92 Å². The van der Waals surface area contributed by atoms with Crippen molar-refractivity contribution in [2.75, 3.05) is 19.7 Å². The highest BCUT2D eigenvalue weighted by Crippen LogP contribution is 2.35. The van der Waals surface area contributed by atoms with Gasteiger partial charge in [0.25, 0.3) is 5.91 Å². The van der Waals surface area contributed by atoms with Crippen molar-refractivity contribution in [2.24, 2.45) is 0 Å². The standard InChI is InChI=1S/C22H19F4N3O2/c1-14-2-8-17(9-3-14)29-20(22(24,25)26)18(12-27-29)21(30)28-10-11-31-19(13-28)15-4-6-16(23)7-5-15/h2-9,12,19H,10-11,13H2,1H3. The molecule has 1 aromatic heterocycles. The summed E-state index contributed by atoms with van der Waals surface area (Å²) in [6.07, 6.45) is -4.39. The first-order valence-corrected chi connectivity index (χ1v) is 9.62. The van der Waals surface area contributed by atoms with Gasteiger partial charge in [0, 0.05) is 6.54 Å². The Morgan fingerprint density at radius 2 is 1.77 bits per heavy atom.